The molecule has 22 heavy (non-hydrogen) atoms. The summed E-state index contributed by atoms with van der Waals surface area (Å²) in [5.74, 6) is 1.39. The summed E-state index contributed by atoms with van der Waals surface area (Å²) >= 11 is 1.24. The monoisotopic (exact) mass is 317 g/mol. The lowest BCUT2D eigenvalue weighted by Gasteiger charge is -1.96. The number of methoxy groups -OCH3 is 1. The maximum Gasteiger partial charge on any atom is 0.212 e. The number of fused-ring (bicyclic) bond motifs is 2. The number of hydrogen-bond acceptors (Lipinski definition) is 5. The molecule has 0 bridgehead atoms. The van der Waals surface area contributed by atoms with Crippen LogP contribution >= 0.6 is 11.3 Å². The first-order valence-electron chi connectivity index (χ1n) is 6.72. The summed E-state index contributed by atoms with van der Waals surface area (Å²) < 4.78 is 25.8. The van der Waals surface area contributed by atoms with E-state index in [1.54, 1.807) is 17.8 Å². The summed E-state index contributed by atoms with van der Waals surface area (Å²) in [6.07, 6.45) is 0.654. The van der Waals surface area contributed by atoms with Gasteiger partial charge in [0.25, 0.3) is 0 Å². The van der Waals surface area contributed by atoms with Crippen molar-refractivity contribution in [3.05, 3.63) is 35.5 Å². The molecule has 0 spiro atoms. The van der Waals surface area contributed by atoms with Crippen LogP contribution in [0.15, 0.2) is 34.9 Å². The molecule has 3 aromatic heterocycles. The summed E-state index contributed by atoms with van der Waals surface area (Å²) in [6, 6.07) is 7.56. The van der Waals surface area contributed by atoms with Crippen molar-refractivity contribution in [2.24, 2.45) is 0 Å². The van der Waals surface area contributed by atoms with E-state index in [0.29, 0.717) is 21.4 Å². The minimum Gasteiger partial charge on any atom is -0.497 e. The van der Waals surface area contributed by atoms with Gasteiger partial charge in [-0.2, -0.15) is 5.10 Å². The maximum atomic E-state index is 13.3. The molecule has 1 atom stereocenters. The van der Waals surface area contributed by atoms with Crippen LogP contribution in [0.1, 0.15) is 18.1 Å². The lowest BCUT2D eigenvalue weighted by molar-refractivity contribution is 0.370. The predicted molar refractivity (Wildman–Crippen MR) is 82.1 cm³/mol. The molecule has 1 aromatic carbocycles. The molecule has 0 fully saturated rings. The fourth-order valence-electron chi connectivity index (χ4n) is 2.26. The first-order valence-corrected chi connectivity index (χ1v) is 7.54. The van der Waals surface area contributed by atoms with Gasteiger partial charge in [0.2, 0.25) is 4.96 Å². The van der Waals surface area contributed by atoms with E-state index in [4.69, 9.17) is 9.15 Å². The molecule has 0 aliphatic rings. The van der Waals surface area contributed by atoms with Gasteiger partial charge in [0, 0.05) is 11.5 Å². The van der Waals surface area contributed by atoms with Crippen LogP contribution in [0.25, 0.3) is 27.4 Å². The van der Waals surface area contributed by atoms with Gasteiger partial charge in [0.15, 0.2) is 16.9 Å². The van der Waals surface area contributed by atoms with E-state index in [9.17, 15) is 4.39 Å². The fourth-order valence-corrected chi connectivity index (χ4v) is 3.07. The van der Waals surface area contributed by atoms with Crippen molar-refractivity contribution in [2.75, 3.05) is 7.11 Å². The van der Waals surface area contributed by atoms with Crippen LogP contribution in [-0.4, -0.2) is 21.7 Å². The highest BCUT2D eigenvalue weighted by molar-refractivity contribution is 7.16. The molecular weight excluding hydrogens is 305 g/mol. The zero-order valence-corrected chi connectivity index (χ0v) is 12.7. The normalized spacial score (nSPS) is 13.0. The molecule has 5 nitrogen and oxygen atoms in total. The zero-order chi connectivity index (χ0) is 15.3. The van der Waals surface area contributed by atoms with Gasteiger partial charge < -0.3 is 9.15 Å². The summed E-state index contributed by atoms with van der Waals surface area (Å²) in [7, 11) is 1.61. The minimum absolute atomic E-state index is 0.420. The average molecular weight is 317 g/mol. The van der Waals surface area contributed by atoms with Crippen molar-refractivity contribution in [3.63, 3.8) is 0 Å². The van der Waals surface area contributed by atoms with E-state index in [1.165, 1.54) is 18.3 Å². The molecule has 0 N–H and O–H groups in total. The number of rotatable bonds is 3. The second-order valence-corrected chi connectivity index (χ2v) is 5.91. The number of ether oxygens (including phenoxy) is 1. The Bertz CT molecular complexity index is 938. The molecule has 0 saturated heterocycles. The highest BCUT2D eigenvalue weighted by atomic mass is 32.1. The first-order chi connectivity index (χ1) is 10.6. The van der Waals surface area contributed by atoms with Crippen LogP contribution in [-0.2, 0) is 0 Å². The summed E-state index contributed by atoms with van der Waals surface area (Å²) in [5.41, 5.74) is 1.41. The van der Waals surface area contributed by atoms with Gasteiger partial charge in [-0.15, -0.1) is 0 Å². The highest BCUT2D eigenvalue weighted by Crippen LogP contribution is 2.31. The Hall–Kier alpha value is -2.41. The van der Waals surface area contributed by atoms with E-state index < -0.39 is 6.17 Å². The van der Waals surface area contributed by atoms with Gasteiger partial charge in [-0.05, 0) is 25.1 Å². The summed E-state index contributed by atoms with van der Waals surface area (Å²) in [4.78, 5) is 5.10. The van der Waals surface area contributed by atoms with E-state index >= 15 is 0 Å². The number of imidazole rings is 1. The lowest BCUT2D eigenvalue weighted by atomic mass is 10.2. The maximum absolute atomic E-state index is 13.3. The van der Waals surface area contributed by atoms with Crippen LogP contribution < -0.4 is 4.74 Å². The number of halogens is 1. The summed E-state index contributed by atoms with van der Waals surface area (Å²) in [5, 5.41) is 5.57. The Balaban J connectivity index is 1.78. The number of hydrogen-bond donors (Lipinski definition) is 0. The number of aromatic nitrogens is 3. The van der Waals surface area contributed by atoms with Crippen molar-refractivity contribution in [2.45, 2.75) is 13.1 Å². The van der Waals surface area contributed by atoms with Gasteiger partial charge in [0.05, 0.1) is 13.3 Å². The highest BCUT2D eigenvalue weighted by Gasteiger charge is 2.16. The van der Waals surface area contributed by atoms with Crippen molar-refractivity contribution in [3.8, 4) is 17.2 Å². The molecule has 0 radical (unpaired) electrons. The Morgan fingerprint density at radius 3 is 2.95 bits per heavy atom. The molecule has 112 valence electrons. The van der Waals surface area contributed by atoms with Crippen LogP contribution in [0.4, 0.5) is 4.39 Å². The number of benzene rings is 1. The standard InChI is InChI=1S/C15H12FN3O2S/c1-8(16)14-18-19-7-11(17-15(19)22-14)13-5-9-3-4-10(20-2)6-12(9)21-13/h3-8H,1-2H3/t8-/m0/s1. The van der Waals surface area contributed by atoms with Crippen LogP contribution in [0, 0.1) is 0 Å². The SMILES string of the molecule is COc1ccc2cc(-c3cn4nc([C@H](C)F)sc4n3)oc2c1. The molecule has 0 saturated carbocycles. The molecule has 0 aliphatic carbocycles. The second kappa shape index (κ2) is 4.81. The van der Waals surface area contributed by atoms with E-state index in [2.05, 4.69) is 10.1 Å². The Labute approximate surface area is 129 Å². The van der Waals surface area contributed by atoms with Crippen LogP contribution in [0.5, 0.6) is 5.75 Å². The molecule has 4 rings (SSSR count). The Kier molecular flexibility index (Phi) is 2.90. The predicted octanol–water partition coefficient (Wildman–Crippen LogP) is 4.24. The molecule has 3 heterocycles. The Morgan fingerprint density at radius 1 is 1.36 bits per heavy atom. The second-order valence-electron chi connectivity index (χ2n) is 4.92. The molecule has 0 amide bonds. The average Bonchev–Trinajstić information content (AvgIpc) is 3.17. The fraction of sp³-hybridized carbons (Fsp3) is 0.200. The summed E-state index contributed by atoms with van der Waals surface area (Å²) in [6.45, 7) is 1.46. The third-order valence-corrected chi connectivity index (χ3v) is 4.46. The van der Waals surface area contributed by atoms with Gasteiger partial charge in [-0.3, -0.25) is 0 Å². The zero-order valence-electron chi connectivity index (χ0n) is 11.9. The lowest BCUT2D eigenvalue weighted by Crippen LogP contribution is -1.86. The molecule has 0 unspecified atom stereocenters. The van der Waals surface area contributed by atoms with Crippen LogP contribution in [0.3, 0.4) is 0 Å². The van der Waals surface area contributed by atoms with Crippen molar-refractivity contribution in [1.82, 2.24) is 14.6 Å². The van der Waals surface area contributed by atoms with E-state index in [0.717, 1.165) is 16.7 Å². The molecule has 0 aliphatic heterocycles. The van der Waals surface area contributed by atoms with Crippen molar-refractivity contribution in [1.29, 1.82) is 0 Å². The van der Waals surface area contributed by atoms with Gasteiger partial charge in [-0.25, -0.2) is 13.9 Å². The minimum atomic E-state index is -1.09. The van der Waals surface area contributed by atoms with Crippen LogP contribution in [0.2, 0.25) is 0 Å². The van der Waals surface area contributed by atoms with Gasteiger partial charge >= 0.3 is 0 Å². The van der Waals surface area contributed by atoms with E-state index in [1.807, 2.05) is 24.3 Å². The van der Waals surface area contributed by atoms with E-state index in [-0.39, 0.29) is 0 Å². The number of furan rings is 1. The third-order valence-electron chi connectivity index (χ3n) is 3.38. The smallest absolute Gasteiger partial charge is 0.212 e. The quantitative estimate of drug-likeness (QED) is 0.567. The topological polar surface area (TPSA) is 52.6 Å². The number of nitrogens with zero attached hydrogens (tertiary/aromatic N) is 3. The number of alkyl halides is 1. The molecule has 7 heteroatoms. The van der Waals surface area contributed by atoms with Gasteiger partial charge in [0.1, 0.15) is 17.0 Å². The third kappa shape index (κ3) is 2.05. The Morgan fingerprint density at radius 2 is 2.23 bits per heavy atom. The molecular formula is C15H12FN3O2S. The van der Waals surface area contributed by atoms with Crippen molar-refractivity contribution >= 4 is 27.3 Å². The largest absolute Gasteiger partial charge is 0.497 e. The first kappa shape index (κ1) is 13.3. The molecule has 4 aromatic rings. The van der Waals surface area contributed by atoms with Gasteiger partial charge in [-0.1, -0.05) is 11.3 Å². The van der Waals surface area contributed by atoms with Crippen molar-refractivity contribution < 1.29 is 13.5 Å².